The Balaban J connectivity index is 1.48. The van der Waals surface area contributed by atoms with Crippen molar-refractivity contribution in [3.8, 4) is 11.3 Å². The molecular weight excluding hydrogens is 384 g/mol. The second-order valence-corrected chi connectivity index (χ2v) is 8.03. The van der Waals surface area contributed by atoms with Crippen molar-refractivity contribution in [1.29, 1.82) is 0 Å². The maximum atomic E-state index is 13.1. The number of carbonyl (C=O) groups is 1. The molecule has 5 nitrogen and oxygen atoms in total. The van der Waals surface area contributed by atoms with Crippen LogP contribution in [0.5, 0.6) is 0 Å². The van der Waals surface area contributed by atoms with Crippen molar-refractivity contribution in [2.24, 2.45) is 7.05 Å². The van der Waals surface area contributed by atoms with Crippen molar-refractivity contribution < 1.29 is 4.79 Å². The van der Waals surface area contributed by atoms with Gasteiger partial charge in [0.15, 0.2) is 0 Å². The molecule has 0 N–H and O–H groups in total. The number of aryl methyl sites for hydroxylation is 3. The predicted molar refractivity (Wildman–Crippen MR) is 118 cm³/mol. The van der Waals surface area contributed by atoms with Gasteiger partial charge in [0, 0.05) is 49.5 Å². The van der Waals surface area contributed by atoms with Gasteiger partial charge in [0.1, 0.15) is 5.69 Å². The van der Waals surface area contributed by atoms with Crippen LogP contribution in [0.15, 0.2) is 48.5 Å². The van der Waals surface area contributed by atoms with Crippen LogP contribution in [-0.2, 0) is 7.05 Å². The van der Waals surface area contributed by atoms with Gasteiger partial charge in [-0.2, -0.15) is 5.10 Å². The highest BCUT2D eigenvalue weighted by Crippen LogP contribution is 2.24. The minimum atomic E-state index is 0.0285. The number of benzene rings is 2. The van der Waals surface area contributed by atoms with Crippen molar-refractivity contribution in [1.82, 2.24) is 14.7 Å². The second-order valence-electron chi connectivity index (χ2n) is 7.60. The van der Waals surface area contributed by atoms with Gasteiger partial charge < -0.3 is 9.80 Å². The van der Waals surface area contributed by atoms with E-state index in [2.05, 4.69) is 48.1 Å². The van der Waals surface area contributed by atoms with E-state index in [-0.39, 0.29) is 5.91 Å². The molecule has 1 aromatic heterocycles. The van der Waals surface area contributed by atoms with Crippen LogP contribution in [-0.4, -0.2) is 46.8 Å². The maximum absolute atomic E-state index is 13.1. The van der Waals surface area contributed by atoms with E-state index in [0.29, 0.717) is 18.8 Å². The molecule has 0 aliphatic carbocycles. The van der Waals surface area contributed by atoms with E-state index in [4.69, 9.17) is 11.6 Å². The molecule has 4 rings (SSSR count). The minimum Gasteiger partial charge on any atom is -0.368 e. The molecule has 0 bridgehead atoms. The first-order valence-electron chi connectivity index (χ1n) is 9.84. The van der Waals surface area contributed by atoms with E-state index in [1.165, 1.54) is 11.1 Å². The fourth-order valence-electron chi connectivity index (χ4n) is 3.71. The first-order valence-corrected chi connectivity index (χ1v) is 10.2. The fraction of sp³-hybridized carbons (Fsp3) is 0.304. The summed E-state index contributed by atoms with van der Waals surface area (Å²) < 4.78 is 1.69. The summed E-state index contributed by atoms with van der Waals surface area (Å²) in [5, 5.41) is 5.32. The van der Waals surface area contributed by atoms with Gasteiger partial charge in [-0.25, -0.2) is 0 Å². The van der Waals surface area contributed by atoms with Crippen LogP contribution in [0, 0.1) is 13.8 Å². The number of piperazine rings is 1. The molecule has 0 spiro atoms. The molecule has 1 amide bonds. The average molecular weight is 409 g/mol. The van der Waals surface area contributed by atoms with Gasteiger partial charge >= 0.3 is 0 Å². The molecule has 29 heavy (non-hydrogen) atoms. The van der Waals surface area contributed by atoms with Crippen LogP contribution in [0.3, 0.4) is 0 Å². The molecule has 2 heterocycles. The minimum absolute atomic E-state index is 0.0285. The number of rotatable bonds is 3. The summed E-state index contributed by atoms with van der Waals surface area (Å²) in [6.45, 7) is 7.11. The third kappa shape index (κ3) is 4.01. The number of hydrogen-bond donors (Lipinski definition) is 0. The van der Waals surface area contributed by atoms with Crippen molar-refractivity contribution >= 4 is 23.2 Å². The molecule has 6 heteroatoms. The molecule has 0 radical (unpaired) electrons. The van der Waals surface area contributed by atoms with E-state index in [9.17, 15) is 4.79 Å². The lowest BCUT2D eigenvalue weighted by atomic mass is 10.0. The lowest BCUT2D eigenvalue weighted by molar-refractivity contribution is 0.0735. The van der Waals surface area contributed by atoms with Crippen LogP contribution < -0.4 is 4.90 Å². The van der Waals surface area contributed by atoms with E-state index in [0.717, 1.165) is 35.1 Å². The van der Waals surface area contributed by atoms with Gasteiger partial charge in [-0.15, -0.1) is 0 Å². The summed E-state index contributed by atoms with van der Waals surface area (Å²) in [6, 6.07) is 16.0. The quantitative estimate of drug-likeness (QED) is 0.648. The number of halogens is 1. The second kappa shape index (κ2) is 7.91. The highest BCUT2D eigenvalue weighted by atomic mass is 35.5. The Labute approximate surface area is 176 Å². The number of hydrogen-bond acceptors (Lipinski definition) is 3. The first kappa shape index (κ1) is 19.5. The monoisotopic (exact) mass is 408 g/mol. The number of aromatic nitrogens is 2. The molecule has 0 atom stereocenters. The fourth-order valence-corrected chi connectivity index (χ4v) is 3.90. The van der Waals surface area contributed by atoms with Gasteiger partial charge in [0.25, 0.3) is 5.91 Å². The van der Waals surface area contributed by atoms with Crippen LogP contribution >= 0.6 is 11.6 Å². The summed E-state index contributed by atoms with van der Waals surface area (Å²) in [5.41, 5.74) is 6.05. The Kier molecular flexibility index (Phi) is 5.33. The van der Waals surface area contributed by atoms with Gasteiger partial charge in [-0.1, -0.05) is 29.8 Å². The van der Waals surface area contributed by atoms with Crippen molar-refractivity contribution in [2.75, 3.05) is 31.1 Å². The van der Waals surface area contributed by atoms with E-state index < -0.39 is 0 Å². The van der Waals surface area contributed by atoms with Crippen LogP contribution in [0.4, 0.5) is 5.69 Å². The Morgan fingerprint density at radius 3 is 2.41 bits per heavy atom. The highest BCUT2D eigenvalue weighted by molar-refractivity contribution is 6.30. The molecule has 0 unspecified atom stereocenters. The Morgan fingerprint density at radius 2 is 1.72 bits per heavy atom. The van der Waals surface area contributed by atoms with Gasteiger partial charge in [0.05, 0.1) is 5.69 Å². The number of amides is 1. The zero-order chi connectivity index (χ0) is 20.5. The van der Waals surface area contributed by atoms with Crippen LogP contribution in [0.25, 0.3) is 11.3 Å². The summed E-state index contributed by atoms with van der Waals surface area (Å²) in [6.07, 6.45) is 0. The van der Waals surface area contributed by atoms with Crippen molar-refractivity contribution in [3.63, 3.8) is 0 Å². The molecular formula is C23H25ClN4O. The normalized spacial score (nSPS) is 14.3. The SMILES string of the molecule is Cc1ccc(-c2cc(C(=O)N3CCN(c4cccc(Cl)c4)CC3)n(C)n2)cc1C. The molecule has 3 aromatic rings. The van der Waals surface area contributed by atoms with E-state index >= 15 is 0 Å². The number of anilines is 1. The Morgan fingerprint density at radius 1 is 0.966 bits per heavy atom. The molecule has 2 aromatic carbocycles. The molecule has 1 saturated heterocycles. The largest absolute Gasteiger partial charge is 0.368 e. The van der Waals surface area contributed by atoms with Gasteiger partial charge in [0.2, 0.25) is 0 Å². The standard InChI is InChI=1S/C23H25ClN4O/c1-16-7-8-18(13-17(16)2)21-15-22(26(3)25-21)23(29)28-11-9-27(10-12-28)20-6-4-5-19(24)14-20/h4-8,13-15H,9-12H2,1-3H3. The average Bonchev–Trinajstić information content (AvgIpc) is 3.11. The third-order valence-corrected chi connectivity index (χ3v) is 5.88. The molecule has 150 valence electrons. The van der Waals surface area contributed by atoms with Gasteiger partial charge in [-0.3, -0.25) is 9.48 Å². The zero-order valence-electron chi connectivity index (χ0n) is 17.0. The van der Waals surface area contributed by atoms with E-state index in [1.54, 1.807) is 4.68 Å². The number of carbonyl (C=O) groups excluding carboxylic acids is 1. The lowest BCUT2D eigenvalue weighted by Crippen LogP contribution is -2.49. The third-order valence-electron chi connectivity index (χ3n) is 5.64. The van der Waals surface area contributed by atoms with Crippen molar-refractivity contribution in [2.45, 2.75) is 13.8 Å². The topological polar surface area (TPSA) is 41.4 Å². The predicted octanol–water partition coefficient (Wildman–Crippen LogP) is 4.32. The molecule has 0 saturated carbocycles. The van der Waals surface area contributed by atoms with Crippen molar-refractivity contribution in [3.05, 3.63) is 70.4 Å². The van der Waals surface area contributed by atoms with Gasteiger partial charge in [-0.05, 0) is 55.3 Å². The summed E-state index contributed by atoms with van der Waals surface area (Å²) in [7, 11) is 1.83. The summed E-state index contributed by atoms with van der Waals surface area (Å²) in [5.74, 6) is 0.0285. The molecule has 1 aliphatic heterocycles. The molecule has 1 aliphatic rings. The highest BCUT2D eigenvalue weighted by Gasteiger charge is 2.25. The first-order chi connectivity index (χ1) is 13.9. The van der Waals surface area contributed by atoms with E-state index in [1.807, 2.05) is 36.2 Å². The van der Waals surface area contributed by atoms with Crippen LogP contribution in [0.1, 0.15) is 21.6 Å². The Bertz CT molecular complexity index is 1050. The van der Waals surface area contributed by atoms with Crippen LogP contribution in [0.2, 0.25) is 5.02 Å². The summed E-state index contributed by atoms with van der Waals surface area (Å²) >= 11 is 6.11. The number of nitrogens with zero attached hydrogens (tertiary/aromatic N) is 4. The Hall–Kier alpha value is -2.79. The zero-order valence-corrected chi connectivity index (χ0v) is 17.8. The summed E-state index contributed by atoms with van der Waals surface area (Å²) in [4.78, 5) is 17.3. The maximum Gasteiger partial charge on any atom is 0.272 e. The molecule has 1 fully saturated rings. The smallest absolute Gasteiger partial charge is 0.272 e. The lowest BCUT2D eigenvalue weighted by Gasteiger charge is -2.36.